The third-order valence-corrected chi connectivity index (χ3v) is 14.2. The number of hydrogen-bond acceptors (Lipinski definition) is 3. The largest absolute Gasteiger partial charge is 0.292 e. The van der Waals surface area contributed by atoms with Gasteiger partial charge in [-0.05, 0) is 131 Å². The van der Waals surface area contributed by atoms with Gasteiger partial charge in [0.15, 0.2) is 5.82 Å². The van der Waals surface area contributed by atoms with E-state index < -0.39 is 0 Å². The zero-order valence-corrected chi connectivity index (χ0v) is 38.5. The van der Waals surface area contributed by atoms with Gasteiger partial charge in [-0.25, -0.2) is 15.0 Å². The molecule has 0 amide bonds. The molecule has 14 aromatic rings. The van der Waals surface area contributed by atoms with Crippen molar-refractivity contribution < 1.29 is 0 Å². The van der Waals surface area contributed by atoms with Crippen LogP contribution in [0.3, 0.4) is 0 Å². The molecule has 2 aromatic heterocycles. The predicted molar refractivity (Wildman–Crippen MR) is 297 cm³/mol. The first-order chi connectivity index (χ1) is 35.2. The van der Waals surface area contributed by atoms with E-state index >= 15 is 0 Å². The summed E-state index contributed by atoms with van der Waals surface area (Å²) in [7, 11) is 0. The van der Waals surface area contributed by atoms with Crippen LogP contribution in [-0.4, -0.2) is 19.5 Å². The molecule has 0 saturated heterocycles. The third-order valence-electron chi connectivity index (χ3n) is 14.2. The standard InChI is InChI=1S/C67H42N4/c1-3-17-43(18-4-1)51-40-59(45-20-5-2-6-21-45)65-64(41-51)71(67(70-65)50-32-31-44-19-7-8-22-47(44)37-50)52-35-33-46(34-36-52)66-68-62(60-38-48-23-9-11-25-53(48)55-27-13-15-29-57(55)60)42-63(69-66)61-39-49-24-10-12-26-54(49)56-28-14-16-30-58(56)61/h1-42H. The van der Waals surface area contributed by atoms with Gasteiger partial charge in [0.1, 0.15) is 5.82 Å². The van der Waals surface area contributed by atoms with Crippen LogP contribution in [0.5, 0.6) is 0 Å². The third kappa shape index (κ3) is 6.96. The fourth-order valence-electron chi connectivity index (χ4n) is 10.7. The smallest absolute Gasteiger partial charge is 0.160 e. The van der Waals surface area contributed by atoms with Crippen LogP contribution in [0, 0.1) is 0 Å². The van der Waals surface area contributed by atoms with Gasteiger partial charge >= 0.3 is 0 Å². The number of benzene rings is 12. The number of rotatable bonds is 7. The zero-order valence-electron chi connectivity index (χ0n) is 38.5. The molecule has 0 aliphatic heterocycles. The number of aromatic nitrogens is 4. The molecule has 0 saturated carbocycles. The topological polar surface area (TPSA) is 43.6 Å². The Morgan fingerprint density at radius 3 is 1.37 bits per heavy atom. The summed E-state index contributed by atoms with van der Waals surface area (Å²) in [6.07, 6.45) is 0. The van der Waals surface area contributed by atoms with Crippen molar-refractivity contribution in [1.29, 1.82) is 0 Å². The lowest BCUT2D eigenvalue weighted by molar-refractivity contribution is 1.10. The summed E-state index contributed by atoms with van der Waals surface area (Å²) in [6, 6.07) is 91.2. The SMILES string of the molecule is c1ccc(-c2cc(-c3ccccc3)c3nc(-c4ccc5ccccc5c4)n(-c4ccc(-c5nc(-c6cc7ccccc7c7ccccc67)cc(-c6cc7ccccc7c7ccccc67)n5)cc4)c3c2)cc1. The molecule has 0 unspecified atom stereocenters. The number of imidazole rings is 1. The van der Waals surface area contributed by atoms with E-state index in [4.69, 9.17) is 15.0 Å². The Balaban J connectivity index is 1.000. The number of hydrogen-bond donors (Lipinski definition) is 0. The summed E-state index contributed by atoms with van der Waals surface area (Å²) < 4.78 is 2.33. The van der Waals surface area contributed by atoms with Crippen LogP contribution in [0.2, 0.25) is 0 Å². The van der Waals surface area contributed by atoms with E-state index in [-0.39, 0.29) is 0 Å². The van der Waals surface area contributed by atoms with Gasteiger partial charge in [0.25, 0.3) is 0 Å². The fourth-order valence-corrected chi connectivity index (χ4v) is 10.7. The quantitative estimate of drug-likeness (QED) is 0.150. The summed E-state index contributed by atoms with van der Waals surface area (Å²) in [6.45, 7) is 0. The Morgan fingerprint density at radius 1 is 0.268 bits per heavy atom. The maximum Gasteiger partial charge on any atom is 0.160 e. The average molecular weight is 903 g/mol. The summed E-state index contributed by atoms with van der Waals surface area (Å²) in [5.74, 6) is 1.52. The fraction of sp³-hybridized carbons (Fsp3) is 0. The Kier molecular flexibility index (Phi) is 9.49. The van der Waals surface area contributed by atoms with Crippen molar-refractivity contribution in [3.63, 3.8) is 0 Å². The van der Waals surface area contributed by atoms with Gasteiger partial charge in [0.2, 0.25) is 0 Å². The first kappa shape index (κ1) is 40.5. The van der Waals surface area contributed by atoms with Crippen molar-refractivity contribution in [1.82, 2.24) is 19.5 Å². The molecule has 0 spiro atoms. The molecule has 71 heavy (non-hydrogen) atoms. The van der Waals surface area contributed by atoms with Gasteiger partial charge in [0, 0.05) is 33.5 Å². The maximum atomic E-state index is 5.58. The summed E-state index contributed by atoms with van der Waals surface area (Å²) in [4.78, 5) is 16.6. The summed E-state index contributed by atoms with van der Waals surface area (Å²) in [5, 5.41) is 11.8. The molecule has 0 bridgehead atoms. The molecular formula is C67H42N4. The first-order valence-corrected chi connectivity index (χ1v) is 24.2. The van der Waals surface area contributed by atoms with Crippen LogP contribution in [0.25, 0.3) is 138 Å². The van der Waals surface area contributed by atoms with Crippen LogP contribution >= 0.6 is 0 Å². The molecular weight excluding hydrogens is 861 g/mol. The van der Waals surface area contributed by atoms with Gasteiger partial charge in [-0.3, -0.25) is 4.57 Å². The van der Waals surface area contributed by atoms with Crippen molar-refractivity contribution in [2.75, 3.05) is 0 Å². The van der Waals surface area contributed by atoms with E-state index in [1.165, 1.54) is 43.1 Å². The van der Waals surface area contributed by atoms with Crippen LogP contribution in [0.1, 0.15) is 0 Å². The summed E-state index contributed by atoms with van der Waals surface area (Å²) in [5.41, 5.74) is 13.2. The molecule has 4 nitrogen and oxygen atoms in total. The second kappa shape index (κ2) is 16.6. The molecule has 0 aliphatic carbocycles. The summed E-state index contributed by atoms with van der Waals surface area (Å²) >= 11 is 0. The molecule has 0 atom stereocenters. The molecule has 0 aliphatic rings. The van der Waals surface area contributed by atoms with Crippen LogP contribution < -0.4 is 0 Å². The van der Waals surface area contributed by atoms with E-state index in [9.17, 15) is 0 Å². The average Bonchev–Trinajstić information content (AvgIpc) is 3.84. The lowest BCUT2D eigenvalue weighted by Gasteiger charge is -2.15. The molecule has 2 heterocycles. The first-order valence-electron chi connectivity index (χ1n) is 24.2. The van der Waals surface area contributed by atoms with E-state index in [1.54, 1.807) is 0 Å². The van der Waals surface area contributed by atoms with Crippen molar-refractivity contribution in [3.8, 4) is 73.2 Å². The second-order valence-electron chi connectivity index (χ2n) is 18.3. The van der Waals surface area contributed by atoms with E-state index in [1.807, 2.05) is 0 Å². The molecule has 12 aromatic carbocycles. The molecule has 14 rings (SSSR count). The molecule has 0 radical (unpaired) electrons. The van der Waals surface area contributed by atoms with Crippen LogP contribution in [0.4, 0.5) is 0 Å². The zero-order chi connectivity index (χ0) is 46.8. The Labute approximate surface area is 410 Å². The minimum atomic E-state index is 0.654. The molecule has 330 valence electrons. The monoisotopic (exact) mass is 902 g/mol. The van der Waals surface area contributed by atoms with Crippen molar-refractivity contribution >= 4 is 64.9 Å². The Morgan fingerprint density at radius 2 is 0.761 bits per heavy atom. The lowest BCUT2D eigenvalue weighted by Crippen LogP contribution is -2.00. The highest BCUT2D eigenvalue weighted by molar-refractivity contribution is 6.15. The van der Waals surface area contributed by atoms with Crippen LogP contribution in [0.15, 0.2) is 255 Å². The van der Waals surface area contributed by atoms with Crippen molar-refractivity contribution in [2.24, 2.45) is 0 Å². The van der Waals surface area contributed by atoms with Crippen molar-refractivity contribution in [3.05, 3.63) is 255 Å². The lowest BCUT2D eigenvalue weighted by atomic mass is 9.93. The van der Waals surface area contributed by atoms with Gasteiger partial charge in [-0.2, -0.15) is 0 Å². The maximum absolute atomic E-state index is 5.58. The van der Waals surface area contributed by atoms with Crippen molar-refractivity contribution in [2.45, 2.75) is 0 Å². The van der Waals surface area contributed by atoms with Crippen LogP contribution in [-0.2, 0) is 0 Å². The van der Waals surface area contributed by atoms with Gasteiger partial charge in [-0.1, -0.05) is 194 Å². The molecule has 0 N–H and O–H groups in total. The van der Waals surface area contributed by atoms with Gasteiger partial charge < -0.3 is 0 Å². The Bertz CT molecular complexity index is 4250. The number of nitrogens with zero attached hydrogens (tertiary/aromatic N) is 4. The molecule has 0 fully saturated rings. The molecule has 4 heteroatoms. The minimum Gasteiger partial charge on any atom is -0.292 e. The number of fused-ring (bicyclic) bond motifs is 8. The normalized spacial score (nSPS) is 11.7. The minimum absolute atomic E-state index is 0.654. The highest BCUT2D eigenvalue weighted by atomic mass is 15.1. The Hall–Kier alpha value is -9.51. The highest BCUT2D eigenvalue weighted by Crippen LogP contribution is 2.42. The highest BCUT2D eigenvalue weighted by Gasteiger charge is 2.22. The van der Waals surface area contributed by atoms with E-state index in [0.717, 1.165) is 89.2 Å². The second-order valence-corrected chi connectivity index (χ2v) is 18.3. The van der Waals surface area contributed by atoms with E-state index in [2.05, 4.69) is 259 Å². The predicted octanol–water partition coefficient (Wildman–Crippen LogP) is 17.6. The van der Waals surface area contributed by atoms with Gasteiger partial charge in [-0.15, -0.1) is 0 Å². The van der Waals surface area contributed by atoms with Gasteiger partial charge in [0.05, 0.1) is 22.4 Å². The van der Waals surface area contributed by atoms with E-state index in [0.29, 0.717) is 5.82 Å².